The fourth-order valence-electron chi connectivity index (χ4n) is 4.88. The zero-order chi connectivity index (χ0) is 22.5. The van der Waals surface area contributed by atoms with Crippen molar-refractivity contribution < 1.29 is 9.59 Å². The molecule has 2 N–H and O–H groups in total. The molecule has 0 spiro atoms. The molecule has 3 heterocycles. The van der Waals surface area contributed by atoms with Gasteiger partial charge in [-0.25, -0.2) is 4.98 Å². The van der Waals surface area contributed by atoms with Gasteiger partial charge >= 0.3 is 0 Å². The highest BCUT2D eigenvalue weighted by molar-refractivity contribution is 7.14. The number of carbonyl (C=O) groups excluding carboxylic acids is 2. The van der Waals surface area contributed by atoms with Crippen LogP contribution in [-0.2, 0) is 4.79 Å². The average Bonchev–Trinajstić information content (AvgIpc) is 3.13. The van der Waals surface area contributed by atoms with Crippen LogP contribution in [-0.4, -0.2) is 38.8 Å². The molecule has 7 heteroatoms. The van der Waals surface area contributed by atoms with E-state index in [4.69, 9.17) is 0 Å². The van der Waals surface area contributed by atoms with Crippen LogP contribution in [0.5, 0.6) is 0 Å². The molecular formula is C25H30N4O2S. The molecule has 1 saturated heterocycles. The minimum atomic E-state index is -0.107. The van der Waals surface area contributed by atoms with Crippen molar-refractivity contribution in [1.82, 2.24) is 20.2 Å². The summed E-state index contributed by atoms with van der Waals surface area (Å²) in [5.74, 6) is 1.82. The lowest BCUT2D eigenvalue weighted by molar-refractivity contribution is -0.122. The number of amides is 2. The fourth-order valence-corrected chi connectivity index (χ4v) is 5.84. The van der Waals surface area contributed by atoms with Crippen LogP contribution in [0.2, 0.25) is 0 Å². The van der Waals surface area contributed by atoms with E-state index < -0.39 is 0 Å². The molecule has 1 aliphatic carbocycles. The van der Waals surface area contributed by atoms with Crippen molar-refractivity contribution in [2.75, 3.05) is 6.54 Å². The SMILES string of the molecule is C[C@@H](NC(=O)C[C@@H]1C[C@@H]1c1nc2ccccc2[nH]1)c1ccc(C(=O)N2CCCC2(C)C)s1. The third kappa shape index (κ3) is 4.06. The van der Waals surface area contributed by atoms with Crippen molar-refractivity contribution in [1.29, 1.82) is 0 Å². The van der Waals surface area contributed by atoms with Gasteiger partial charge in [-0.2, -0.15) is 0 Å². The molecule has 0 unspecified atom stereocenters. The molecule has 0 radical (unpaired) electrons. The van der Waals surface area contributed by atoms with Crippen LogP contribution in [0.1, 0.15) is 78.8 Å². The van der Waals surface area contributed by atoms with E-state index in [1.165, 1.54) is 11.3 Å². The zero-order valence-electron chi connectivity index (χ0n) is 18.9. The Morgan fingerprint density at radius 3 is 2.84 bits per heavy atom. The Morgan fingerprint density at radius 2 is 2.09 bits per heavy atom. The van der Waals surface area contributed by atoms with Crippen LogP contribution in [0.25, 0.3) is 11.0 Å². The molecule has 2 fully saturated rings. The van der Waals surface area contributed by atoms with Gasteiger partial charge in [-0.1, -0.05) is 12.1 Å². The molecule has 2 amide bonds. The van der Waals surface area contributed by atoms with E-state index in [1.54, 1.807) is 0 Å². The summed E-state index contributed by atoms with van der Waals surface area (Å²) in [6.07, 6.45) is 3.59. The number of fused-ring (bicyclic) bond motifs is 1. The summed E-state index contributed by atoms with van der Waals surface area (Å²) in [5.41, 5.74) is 1.94. The Balaban J connectivity index is 1.16. The zero-order valence-corrected chi connectivity index (χ0v) is 19.7. The highest BCUT2D eigenvalue weighted by Crippen LogP contribution is 2.48. The second kappa shape index (κ2) is 8.03. The first-order chi connectivity index (χ1) is 15.3. The number of thiophene rings is 1. The fraction of sp³-hybridized carbons (Fsp3) is 0.480. The maximum Gasteiger partial charge on any atom is 0.264 e. The summed E-state index contributed by atoms with van der Waals surface area (Å²) < 4.78 is 0. The Morgan fingerprint density at radius 1 is 1.28 bits per heavy atom. The second-order valence-corrected chi connectivity index (χ2v) is 10.9. The van der Waals surface area contributed by atoms with Gasteiger partial charge in [0.1, 0.15) is 5.82 Å². The highest BCUT2D eigenvalue weighted by Gasteiger charge is 2.42. The number of imidazole rings is 1. The summed E-state index contributed by atoms with van der Waals surface area (Å²) in [6, 6.07) is 11.8. The van der Waals surface area contributed by atoms with E-state index in [1.807, 2.05) is 48.2 Å². The van der Waals surface area contributed by atoms with Crippen LogP contribution < -0.4 is 5.32 Å². The summed E-state index contributed by atoms with van der Waals surface area (Å²) in [6.45, 7) is 7.07. The van der Waals surface area contributed by atoms with Crippen molar-refractivity contribution in [3.63, 3.8) is 0 Å². The number of hydrogen-bond donors (Lipinski definition) is 2. The summed E-state index contributed by atoms with van der Waals surface area (Å²) >= 11 is 1.49. The summed E-state index contributed by atoms with van der Waals surface area (Å²) in [4.78, 5) is 37.4. The lowest BCUT2D eigenvalue weighted by atomic mass is 10.0. The minimum absolute atomic E-state index is 0.0584. The lowest BCUT2D eigenvalue weighted by Gasteiger charge is -2.31. The van der Waals surface area contributed by atoms with Crippen LogP contribution >= 0.6 is 11.3 Å². The Bertz CT molecular complexity index is 1130. The number of rotatable bonds is 6. The van der Waals surface area contributed by atoms with E-state index in [0.717, 1.165) is 52.4 Å². The van der Waals surface area contributed by atoms with E-state index in [0.29, 0.717) is 18.3 Å². The van der Waals surface area contributed by atoms with Crippen molar-refractivity contribution in [2.24, 2.45) is 5.92 Å². The van der Waals surface area contributed by atoms with Gasteiger partial charge in [-0.05, 0) is 70.2 Å². The molecule has 1 aliphatic heterocycles. The van der Waals surface area contributed by atoms with Gasteiger partial charge in [-0.15, -0.1) is 11.3 Å². The first-order valence-electron chi connectivity index (χ1n) is 11.5. The monoisotopic (exact) mass is 450 g/mol. The topological polar surface area (TPSA) is 78.1 Å². The second-order valence-electron chi connectivity index (χ2n) is 9.81. The third-order valence-corrected chi connectivity index (χ3v) is 8.17. The highest BCUT2D eigenvalue weighted by atomic mass is 32.1. The first kappa shape index (κ1) is 21.2. The number of nitrogens with one attached hydrogen (secondary N) is 2. The lowest BCUT2D eigenvalue weighted by Crippen LogP contribution is -2.42. The maximum absolute atomic E-state index is 13.0. The van der Waals surface area contributed by atoms with Gasteiger partial charge in [0.15, 0.2) is 0 Å². The molecular weight excluding hydrogens is 420 g/mol. The van der Waals surface area contributed by atoms with Gasteiger partial charge in [0.05, 0.1) is 22.0 Å². The molecule has 3 atom stereocenters. The number of nitrogens with zero attached hydrogens (tertiary/aromatic N) is 2. The molecule has 2 aliphatic rings. The molecule has 1 saturated carbocycles. The van der Waals surface area contributed by atoms with Crippen molar-refractivity contribution in [2.45, 2.75) is 64.0 Å². The standard InChI is InChI=1S/C25H30N4O2S/c1-15(20-9-10-21(32-20)24(31)29-12-6-11-25(29,2)3)26-22(30)14-16-13-17(16)23-27-18-7-4-5-8-19(18)28-23/h4-5,7-10,15-17H,6,11-14H2,1-3H3,(H,26,30)(H,27,28)/t15-,16+,17+/m1/s1. The van der Waals surface area contributed by atoms with E-state index in [-0.39, 0.29) is 23.4 Å². The predicted molar refractivity (Wildman–Crippen MR) is 127 cm³/mol. The molecule has 2 aromatic heterocycles. The summed E-state index contributed by atoms with van der Waals surface area (Å²) in [5, 5.41) is 3.12. The van der Waals surface area contributed by atoms with Crippen LogP contribution in [0.4, 0.5) is 0 Å². The molecule has 168 valence electrons. The third-order valence-electron chi connectivity index (χ3n) is 6.92. The number of likely N-dealkylation sites (tertiary alicyclic amines) is 1. The van der Waals surface area contributed by atoms with Crippen molar-refractivity contribution in [3.05, 3.63) is 52.0 Å². The average molecular weight is 451 g/mol. The van der Waals surface area contributed by atoms with E-state index in [2.05, 4.69) is 29.1 Å². The van der Waals surface area contributed by atoms with Gasteiger partial charge in [0.2, 0.25) is 5.91 Å². The molecule has 0 bridgehead atoms. The van der Waals surface area contributed by atoms with E-state index in [9.17, 15) is 9.59 Å². The molecule has 5 rings (SSSR count). The largest absolute Gasteiger partial charge is 0.349 e. The van der Waals surface area contributed by atoms with Crippen molar-refractivity contribution >= 4 is 34.2 Å². The Labute approximate surface area is 192 Å². The van der Waals surface area contributed by atoms with Gasteiger partial charge in [0.25, 0.3) is 5.91 Å². The molecule has 32 heavy (non-hydrogen) atoms. The molecule has 6 nitrogen and oxygen atoms in total. The van der Waals surface area contributed by atoms with Crippen molar-refractivity contribution in [3.8, 4) is 0 Å². The smallest absolute Gasteiger partial charge is 0.264 e. The Kier molecular flexibility index (Phi) is 5.32. The number of H-pyrrole nitrogens is 1. The molecule has 3 aromatic rings. The quantitative estimate of drug-likeness (QED) is 0.554. The maximum atomic E-state index is 13.0. The normalized spacial score (nSPS) is 22.8. The summed E-state index contributed by atoms with van der Waals surface area (Å²) in [7, 11) is 0. The number of carbonyl (C=O) groups is 2. The van der Waals surface area contributed by atoms with Gasteiger partial charge in [0, 0.05) is 29.3 Å². The molecule has 1 aromatic carbocycles. The Hall–Kier alpha value is -2.67. The number of aromatic nitrogens is 2. The van der Waals surface area contributed by atoms with Gasteiger partial charge < -0.3 is 15.2 Å². The number of hydrogen-bond acceptors (Lipinski definition) is 4. The predicted octanol–water partition coefficient (Wildman–Crippen LogP) is 5.01. The first-order valence-corrected chi connectivity index (χ1v) is 12.3. The number of aromatic amines is 1. The van der Waals surface area contributed by atoms with Crippen LogP contribution in [0.15, 0.2) is 36.4 Å². The van der Waals surface area contributed by atoms with Gasteiger partial charge in [-0.3, -0.25) is 9.59 Å². The number of para-hydroxylation sites is 2. The van der Waals surface area contributed by atoms with Crippen LogP contribution in [0, 0.1) is 5.92 Å². The number of benzene rings is 1. The van der Waals surface area contributed by atoms with E-state index >= 15 is 0 Å². The minimum Gasteiger partial charge on any atom is -0.349 e. The van der Waals surface area contributed by atoms with Crippen LogP contribution in [0.3, 0.4) is 0 Å².